The molecule has 0 saturated heterocycles. The van der Waals surface area contributed by atoms with Gasteiger partial charge in [-0.05, 0) is 37.5 Å². The van der Waals surface area contributed by atoms with Crippen LogP contribution in [0.5, 0.6) is 0 Å². The van der Waals surface area contributed by atoms with E-state index in [9.17, 15) is 0 Å². The van der Waals surface area contributed by atoms with Gasteiger partial charge in [0.25, 0.3) is 0 Å². The highest BCUT2D eigenvalue weighted by Crippen LogP contribution is 2.28. The Morgan fingerprint density at radius 2 is 1.94 bits per heavy atom. The third kappa shape index (κ3) is 4.41. The van der Waals surface area contributed by atoms with Gasteiger partial charge in [0.15, 0.2) is 0 Å². The number of rotatable bonds is 7. The largest absolute Gasteiger partial charge is 0.398 e. The highest BCUT2D eigenvalue weighted by Gasteiger charge is 2.10. The van der Waals surface area contributed by atoms with Gasteiger partial charge in [-0.3, -0.25) is 0 Å². The summed E-state index contributed by atoms with van der Waals surface area (Å²) in [6.07, 6.45) is 6.11. The molecular formula is C15H25ClN2. The SMILES string of the molecule is CCCCC(CCC)Nc1cc(Cl)c(N)cc1C. The Morgan fingerprint density at radius 3 is 2.56 bits per heavy atom. The molecule has 0 bridgehead atoms. The molecule has 1 unspecified atom stereocenters. The van der Waals surface area contributed by atoms with Gasteiger partial charge >= 0.3 is 0 Å². The number of anilines is 2. The zero-order valence-corrected chi connectivity index (χ0v) is 12.5. The van der Waals surface area contributed by atoms with Crippen molar-refractivity contribution in [2.75, 3.05) is 11.1 Å². The van der Waals surface area contributed by atoms with Gasteiger partial charge in [-0.15, -0.1) is 0 Å². The van der Waals surface area contributed by atoms with Crippen molar-refractivity contribution < 1.29 is 0 Å². The maximum Gasteiger partial charge on any atom is 0.0656 e. The van der Waals surface area contributed by atoms with Crippen molar-refractivity contribution in [3.8, 4) is 0 Å². The standard InChI is InChI=1S/C15H25ClN2/c1-4-6-8-12(7-5-2)18-15-10-13(16)14(17)9-11(15)3/h9-10,12,18H,4-8,17H2,1-3H3. The quantitative estimate of drug-likeness (QED) is 0.683. The Bertz CT molecular complexity index is 377. The Balaban J connectivity index is 2.76. The number of nitrogen functional groups attached to an aromatic ring is 1. The second-order valence-electron chi connectivity index (χ2n) is 4.96. The van der Waals surface area contributed by atoms with Crippen molar-refractivity contribution in [3.05, 3.63) is 22.7 Å². The summed E-state index contributed by atoms with van der Waals surface area (Å²) in [6, 6.07) is 4.42. The molecular weight excluding hydrogens is 244 g/mol. The first-order valence-electron chi connectivity index (χ1n) is 6.90. The molecule has 0 aliphatic rings. The molecule has 0 saturated carbocycles. The van der Waals surface area contributed by atoms with Gasteiger partial charge in [0.1, 0.15) is 0 Å². The Labute approximate surface area is 116 Å². The lowest BCUT2D eigenvalue weighted by molar-refractivity contribution is 0.564. The molecule has 0 aromatic heterocycles. The fraction of sp³-hybridized carbons (Fsp3) is 0.600. The van der Waals surface area contributed by atoms with Crippen LogP contribution in [0.3, 0.4) is 0 Å². The third-order valence-electron chi connectivity index (χ3n) is 3.25. The highest BCUT2D eigenvalue weighted by atomic mass is 35.5. The normalized spacial score (nSPS) is 12.4. The fourth-order valence-corrected chi connectivity index (χ4v) is 2.33. The predicted molar refractivity (Wildman–Crippen MR) is 82.4 cm³/mol. The molecule has 0 fully saturated rings. The first-order valence-corrected chi connectivity index (χ1v) is 7.28. The molecule has 0 amide bonds. The molecule has 2 nitrogen and oxygen atoms in total. The van der Waals surface area contributed by atoms with Crippen LogP contribution in [-0.2, 0) is 0 Å². The van der Waals surface area contributed by atoms with Gasteiger partial charge in [0, 0.05) is 11.7 Å². The molecule has 0 heterocycles. The van der Waals surface area contributed by atoms with Crippen LogP contribution in [0.2, 0.25) is 5.02 Å². The number of benzene rings is 1. The average molecular weight is 269 g/mol. The number of nitrogens with one attached hydrogen (secondary N) is 1. The van der Waals surface area contributed by atoms with E-state index in [-0.39, 0.29) is 0 Å². The Hall–Kier alpha value is -0.890. The van der Waals surface area contributed by atoms with E-state index in [4.69, 9.17) is 17.3 Å². The van der Waals surface area contributed by atoms with Crippen LogP contribution in [0.15, 0.2) is 12.1 Å². The maximum atomic E-state index is 6.09. The van der Waals surface area contributed by atoms with Gasteiger partial charge in [0.2, 0.25) is 0 Å². The second-order valence-corrected chi connectivity index (χ2v) is 5.37. The number of halogens is 1. The lowest BCUT2D eigenvalue weighted by Gasteiger charge is -2.21. The molecule has 3 heteroatoms. The minimum atomic E-state index is 0.536. The number of unbranched alkanes of at least 4 members (excludes halogenated alkanes) is 1. The van der Waals surface area contributed by atoms with Gasteiger partial charge in [0.05, 0.1) is 10.7 Å². The van der Waals surface area contributed by atoms with E-state index >= 15 is 0 Å². The molecule has 3 N–H and O–H groups in total. The summed E-state index contributed by atoms with van der Waals surface area (Å²) in [5.41, 5.74) is 8.73. The van der Waals surface area contributed by atoms with Crippen LogP contribution < -0.4 is 11.1 Å². The van der Waals surface area contributed by atoms with Crippen LogP contribution in [0.25, 0.3) is 0 Å². The van der Waals surface area contributed by atoms with E-state index in [2.05, 4.69) is 26.1 Å². The second kappa shape index (κ2) is 7.52. The summed E-state index contributed by atoms with van der Waals surface area (Å²) in [5, 5.41) is 4.24. The van der Waals surface area contributed by atoms with Crippen LogP contribution in [0.1, 0.15) is 51.5 Å². The monoisotopic (exact) mass is 268 g/mol. The minimum Gasteiger partial charge on any atom is -0.398 e. The number of hydrogen-bond acceptors (Lipinski definition) is 2. The molecule has 0 radical (unpaired) electrons. The van der Waals surface area contributed by atoms with Crippen molar-refractivity contribution in [1.82, 2.24) is 0 Å². The van der Waals surface area contributed by atoms with Gasteiger partial charge in [-0.1, -0.05) is 44.7 Å². The fourth-order valence-electron chi connectivity index (χ4n) is 2.17. The summed E-state index contributed by atoms with van der Waals surface area (Å²) in [5.74, 6) is 0. The third-order valence-corrected chi connectivity index (χ3v) is 3.57. The molecule has 0 aliphatic carbocycles. The molecule has 0 spiro atoms. The lowest BCUT2D eigenvalue weighted by Crippen LogP contribution is -2.19. The van der Waals surface area contributed by atoms with E-state index in [0.717, 1.165) is 11.3 Å². The van der Waals surface area contributed by atoms with Crippen LogP contribution in [-0.4, -0.2) is 6.04 Å². The van der Waals surface area contributed by atoms with E-state index in [0.29, 0.717) is 16.8 Å². The summed E-state index contributed by atoms with van der Waals surface area (Å²) >= 11 is 6.09. The number of hydrogen-bond donors (Lipinski definition) is 2. The van der Waals surface area contributed by atoms with Crippen LogP contribution in [0, 0.1) is 6.92 Å². The molecule has 1 aromatic rings. The first-order chi connectivity index (χ1) is 8.58. The molecule has 1 atom stereocenters. The lowest BCUT2D eigenvalue weighted by atomic mass is 10.0. The van der Waals surface area contributed by atoms with E-state index in [1.165, 1.54) is 32.1 Å². The summed E-state index contributed by atoms with van der Waals surface area (Å²) in [4.78, 5) is 0. The minimum absolute atomic E-state index is 0.536. The summed E-state index contributed by atoms with van der Waals surface area (Å²) in [6.45, 7) is 6.52. The zero-order chi connectivity index (χ0) is 13.5. The van der Waals surface area contributed by atoms with Crippen molar-refractivity contribution in [1.29, 1.82) is 0 Å². The van der Waals surface area contributed by atoms with E-state index in [1.807, 2.05) is 12.1 Å². The van der Waals surface area contributed by atoms with Gasteiger partial charge in [-0.2, -0.15) is 0 Å². The highest BCUT2D eigenvalue weighted by molar-refractivity contribution is 6.33. The Morgan fingerprint density at radius 1 is 1.22 bits per heavy atom. The predicted octanol–water partition coefficient (Wildman–Crippen LogP) is 5.00. The van der Waals surface area contributed by atoms with E-state index < -0.39 is 0 Å². The summed E-state index contributed by atoms with van der Waals surface area (Å²) in [7, 11) is 0. The smallest absolute Gasteiger partial charge is 0.0656 e. The van der Waals surface area contributed by atoms with Crippen molar-refractivity contribution in [2.24, 2.45) is 0 Å². The topological polar surface area (TPSA) is 38.0 Å². The van der Waals surface area contributed by atoms with Gasteiger partial charge < -0.3 is 11.1 Å². The van der Waals surface area contributed by atoms with Crippen molar-refractivity contribution in [2.45, 2.75) is 58.9 Å². The molecule has 1 aromatic carbocycles. The molecule has 102 valence electrons. The van der Waals surface area contributed by atoms with E-state index in [1.54, 1.807) is 0 Å². The number of nitrogens with two attached hydrogens (primary N) is 1. The van der Waals surface area contributed by atoms with Gasteiger partial charge in [-0.25, -0.2) is 0 Å². The molecule has 1 rings (SSSR count). The zero-order valence-electron chi connectivity index (χ0n) is 11.7. The molecule has 18 heavy (non-hydrogen) atoms. The molecule has 0 aliphatic heterocycles. The first kappa shape index (κ1) is 15.2. The van der Waals surface area contributed by atoms with Crippen molar-refractivity contribution in [3.63, 3.8) is 0 Å². The van der Waals surface area contributed by atoms with Crippen LogP contribution in [0.4, 0.5) is 11.4 Å². The average Bonchev–Trinajstić information content (AvgIpc) is 2.33. The maximum absolute atomic E-state index is 6.09. The number of aryl methyl sites for hydroxylation is 1. The van der Waals surface area contributed by atoms with Crippen LogP contribution >= 0.6 is 11.6 Å². The Kier molecular flexibility index (Phi) is 6.34. The summed E-state index contributed by atoms with van der Waals surface area (Å²) < 4.78 is 0. The van der Waals surface area contributed by atoms with Crippen molar-refractivity contribution >= 4 is 23.0 Å².